The Hall–Kier alpha value is -2.09. The number of hydrogen-bond donors (Lipinski definition) is 0. The van der Waals surface area contributed by atoms with Crippen LogP contribution in [-0.4, -0.2) is 15.9 Å². The van der Waals surface area contributed by atoms with Crippen LogP contribution in [0.5, 0.6) is 5.75 Å². The molecule has 0 saturated heterocycles. The molecule has 0 N–H and O–H groups in total. The Labute approximate surface area is 139 Å². The minimum Gasteiger partial charge on any atom is -0.489 e. The monoisotopic (exact) mass is 364 g/mol. The zero-order valence-electron chi connectivity index (χ0n) is 12.7. The number of nitrogens with zero attached hydrogens (tertiary/aromatic N) is 2. The van der Waals surface area contributed by atoms with Gasteiger partial charge in [0.15, 0.2) is 0 Å². The Kier molecular flexibility index (Phi) is 5.17. The standard InChI is InChI=1S/C15H13ClF4N2O2/c1-8(2)24-13-3-9(12(17)5-11(13)16)7-22-14(23)4-10(6-21-22)15(18,19)20/h3-6,8H,7H2,1-2H3. The van der Waals surface area contributed by atoms with Crippen molar-refractivity contribution in [1.29, 1.82) is 0 Å². The smallest absolute Gasteiger partial charge is 0.418 e. The highest BCUT2D eigenvalue weighted by Gasteiger charge is 2.31. The van der Waals surface area contributed by atoms with Crippen LogP contribution in [0.2, 0.25) is 5.02 Å². The summed E-state index contributed by atoms with van der Waals surface area (Å²) in [6.07, 6.45) is -4.37. The Morgan fingerprint density at radius 2 is 1.96 bits per heavy atom. The molecule has 0 atom stereocenters. The molecule has 2 aromatic rings. The van der Waals surface area contributed by atoms with Gasteiger partial charge >= 0.3 is 6.18 Å². The van der Waals surface area contributed by atoms with Crippen molar-refractivity contribution in [3.8, 4) is 5.75 Å². The molecule has 24 heavy (non-hydrogen) atoms. The van der Waals surface area contributed by atoms with Crippen molar-refractivity contribution in [2.24, 2.45) is 0 Å². The molecule has 0 radical (unpaired) electrons. The van der Waals surface area contributed by atoms with Gasteiger partial charge in [0.05, 0.1) is 29.4 Å². The maximum absolute atomic E-state index is 14.0. The maximum atomic E-state index is 14.0. The minimum atomic E-state index is -4.67. The number of ether oxygens (including phenoxy) is 1. The second-order valence-corrected chi connectivity index (χ2v) is 5.69. The normalized spacial score (nSPS) is 11.8. The first-order valence-corrected chi connectivity index (χ1v) is 7.24. The predicted octanol–water partition coefficient (Wildman–Crippen LogP) is 3.89. The van der Waals surface area contributed by atoms with E-state index in [0.717, 1.165) is 10.7 Å². The summed E-state index contributed by atoms with van der Waals surface area (Å²) < 4.78 is 57.7. The molecule has 9 heteroatoms. The summed E-state index contributed by atoms with van der Waals surface area (Å²) in [5, 5.41) is 3.49. The van der Waals surface area contributed by atoms with E-state index < -0.39 is 23.1 Å². The van der Waals surface area contributed by atoms with Crippen molar-refractivity contribution in [3.63, 3.8) is 0 Å². The Balaban J connectivity index is 2.36. The lowest BCUT2D eigenvalue weighted by molar-refractivity contribution is -0.138. The molecule has 0 aliphatic carbocycles. The van der Waals surface area contributed by atoms with Crippen LogP contribution in [0.4, 0.5) is 17.6 Å². The van der Waals surface area contributed by atoms with E-state index in [1.165, 1.54) is 6.07 Å². The summed E-state index contributed by atoms with van der Waals surface area (Å²) in [6.45, 7) is 3.15. The Morgan fingerprint density at radius 3 is 2.50 bits per heavy atom. The van der Waals surface area contributed by atoms with Crippen LogP contribution in [0.25, 0.3) is 0 Å². The van der Waals surface area contributed by atoms with Gasteiger partial charge in [-0.2, -0.15) is 18.3 Å². The summed E-state index contributed by atoms with van der Waals surface area (Å²) >= 11 is 5.88. The van der Waals surface area contributed by atoms with E-state index in [4.69, 9.17) is 16.3 Å². The van der Waals surface area contributed by atoms with E-state index in [0.29, 0.717) is 12.3 Å². The topological polar surface area (TPSA) is 44.1 Å². The molecule has 0 amide bonds. The first kappa shape index (κ1) is 18.3. The van der Waals surface area contributed by atoms with Crippen LogP contribution in [0, 0.1) is 5.82 Å². The lowest BCUT2D eigenvalue weighted by Gasteiger charge is -2.14. The van der Waals surface area contributed by atoms with Gasteiger partial charge in [-0.25, -0.2) is 9.07 Å². The molecule has 130 valence electrons. The van der Waals surface area contributed by atoms with Gasteiger partial charge in [-0.05, 0) is 26.0 Å². The molecule has 4 nitrogen and oxygen atoms in total. The molecular formula is C15H13ClF4N2O2. The lowest BCUT2D eigenvalue weighted by Crippen LogP contribution is -2.25. The summed E-state index contributed by atoms with van der Waals surface area (Å²) in [5.74, 6) is -0.507. The van der Waals surface area contributed by atoms with Gasteiger partial charge < -0.3 is 4.74 Å². The summed E-state index contributed by atoms with van der Waals surface area (Å²) in [5.41, 5.74) is -2.14. The molecule has 0 spiro atoms. The maximum Gasteiger partial charge on any atom is 0.418 e. The average Bonchev–Trinajstić information content (AvgIpc) is 2.44. The van der Waals surface area contributed by atoms with Gasteiger partial charge in [0.2, 0.25) is 0 Å². The predicted molar refractivity (Wildman–Crippen MR) is 79.8 cm³/mol. The molecule has 1 aromatic heterocycles. The van der Waals surface area contributed by atoms with Gasteiger partial charge in [-0.1, -0.05) is 11.6 Å². The molecule has 0 saturated carbocycles. The number of rotatable bonds is 4. The van der Waals surface area contributed by atoms with Crippen LogP contribution in [0.3, 0.4) is 0 Å². The van der Waals surface area contributed by atoms with E-state index in [2.05, 4.69) is 5.10 Å². The fraction of sp³-hybridized carbons (Fsp3) is 0.333. The van der Waals surface area contributed by atoms with Crippen molar-refractivity contribution in [1.82, 2.24) is 9.78 Å². The molecule has 0 aliphatic heterocycles. The fourth-order valence-corrected chi connectivity index (χ4v) is 2.10. The summed E-state index contributed by atoms with van der Waals surface area (Å²) in [7, 11) is 0. The van der Waals surface area contributed by atoms with E-state index in [1.807, 2.05) is 0 Å². The molecule has 0 bridgehead atoms. The van der Waals surface area contributed by atoms with Gasteiger partial charge in [0.25, 0.3) is 5.56 Å². The molecule has 2 rings (SSSR count). The van der Waals surface area contributed by atoms with E-state index >= 15 is 0 Å². The highest BCUT2D eigenvalue weighted by atomic mass is 35.5. The first-order valence-electron chi connectivity index (χ1n) is 6.87. The molecule has 0 aliphatic rings. The quantitative estimate of drug-likeness (QED) is 0.773. The van der Waals surface area contributed by atoms with Gasteiger partial charge in [-0.3, -0.25) is 4.79 Å². The van der Waals surface area contributed by atoms with Gasteiger partial charge in [0.1, 0.15) is 11.6 Å². The summed E-state index contributed by atoms with van der Waals surface area (Å²) in [4.78, 5) is 11.8. The van der Waals surface area contributed by atoms with Crippen molar-refractivity contribution in [2.45, 2.75) is 32.7 Å². The van der Waals surface area contributed by atoms with Gasteiger partial charge in [-0.15, -0.1) is 0 Å². The van der Waals surface area contributed by atoms with E-state index in [9.17, 15) is 22.4 Å². The van der Waals surface area contributed by atoms with E-state index in [1.54, 1.807) is 13.8 Å². The molecular weight excluding hydrogens is 352 g/mol. The first-order chi connectivity index (χ1) is 11.1. The highest BCUT2D eigenvalue weighted by molar-refractivity contribution is 6.32. The van der Waals surface area contributed by atoms with Crippen molar-refractivity contribution in [2.75, 3.05) is 0 Å². The van der Waals surface area contributed by atoms with Crippen molar-refractivity contribution < 1.29 is 22.3 Å². The lowest BCUT2D eigenvalue weighted by atomic mass is 10.2. The third-order valence-corrected chi connectivity index (χ3v) is 3.28. The summed E-state index contributed by atoms with van der Waals surface area (Å²) in [6, 6.07) is 2.72. The number of halogens is 5. The van der Waals surface area contributed by atoms with Crippen molar-refractivity contribution >= 4 is 11.6 Å². The Bertz CT molecular complexity index is 803. The van der Waals surface area contributed by atoms with E-state index in [-0.39, 0.29) is 29.0 Å². The van der Waals surface area contributed by atoms with Crippen LogP contribution in [0.15, 0.2) is 29.2 Å². The van der Waals surface area contributed by atoms with Crippen molar-refractivity contribution in [3.05, 3.63) is 56.7 Å². The number of alkyl halides is 3. The number of hydrogen-bond acceptors (Lipinski definition) is 3. The molecule has 0 fully saturated rings. The average molecular weight is 365 g/mol. The SMILES string of the molecule is CC(C)Oc1cc(Cn2ncc(C(F)(F)F)cc2=O)c(F)cc1Cl. The zero-order valence-corrected chi connectivity index (χ0v) is 13.5. The van der Waals surface area contributed by atoms with Crippen LogP contribution >= 0.6 is 11.6 Å². The minimum absolute atomic E-state index is 0.0180. The van der Waals surface area contributed by atoms with Crippen LogP contribution in [0.1, 0.15) is 25.0 Å². The molecule has 1 aromatic carbocycles. The third-order valence-electron chi connectivity index (χ3n) is 2.98. The number of benzene rings is 1. The second kappa shape index (κ2) is 6.80. The number of aromatic nitrogens is 2. The Morgan fingerprint density at radius 1 is 1.29 bits per heavy atom. The molecule has 1 heterocycles. The van der Waals surface area contributed by atoms with Crippen LogP contribution in [-0.2, 0) is 12.7 Å². The van der Waals surface area contributed by atoms with Crippen LogP contribution < -0.4 is 10.3 Å². The zero-order chi connectivity index (χ0) is 18.1. The third kappa shape index (κ3) is 4.25. The largest absolute Gasteiger partial charge is 0.489 e. The fourth-order valence-electron chi connectivity index (χ4n) is 1.91. The molecule has 0 unspecified atom stereocenters. The van der Waals surface area contributed by atoms with Gasteiger partial charge in [0, 0.05) is 11.6 Å². The second-order valence-electron chi connectivity index (χ2n) is 5.28. The highest BCUT2D eigenvalue weighted by Crippen LogP contribution is 2.29.